The summed E-state index contributed by atoms with van der Waals surface area (Å²) in [6.07, 6.45) is 12.1. The van der Waals surface area contributed by atoms with E-state index in [1.807, 2.05) is 17.5 Å². The Balaban J connectivity index is 2.22. The molecule has 0 spiro atoms. The molecule has 0 unspecified atom stereocenters. The van der Waals surface area contributed by atoms with Gasteiger partial charge in [0.25, 0.3) is 0 Å². The minimum atomic E-state index is 0.695. The third kappa shape index (κ3) is 7.51. The first kappa shape index (κ1) is 16.4. The van der Waals surface area contributed by atoms with E-state index in [4.69, 9.17) is 0 Å². The zero-order valence-corrected chi connectivity index (χ0v) is 13.7. The lowest BCUT2D eigenvalue weighted by Crippen LogP contribution is -1.91. The highest BCUT2D eigenvalue weighted by molar-refractivity contribution is 7.11. The Morgan fingerprint density at radius 1 is 1.26 bits per heavy atom. The molecule has 0 saturated heterocycles. The Morgan fingerprint density at radius 3 is 2.68 bits per heavy atom. The fraction of sp³-hybridized carbons (Fsp3) is 0.706. The van der Waals surface area contributed by atoms with E-state index >= 15 is 0 Å². The molecule has 0 amide bonds. The fourth-order valence-electron chi connectivity index (χ4n) is 2.19. The maximum absolute atomic E-state index is 4.51. The van der Waals surface area contributed by atoms with Crippen molar-refractivity contribution in [3.8, 4) is 0 Å². The van der Waals surface area contributed by atoms with Crippen molar-refractivity contribution in [1.29, 1.82) is 0 Å². The summed E-state index contributed by atoms with van der Waals surface area (Å²) in [6, 6.07) is 0. The van der Waals surface area contributed by atoms with E-state index < -0.39 is 0 Å². The smallest absolute Gasteiger partial charge is 0.0930 e. The molecule has 1 aromatic rings. The number of rotatable bonds is 10. The van der Waals surface area contributed by atoms with Crippen molar-refractivity contribution in [3.05, 3.63) is 28.2 Å². The Kier molecular flexibility index (Phi) is 8.04. The van der Waals surface area contributed by atoms with Gasteiger partial charge in [-0.15, -0.1) is 11.3 Å². The number of hydrogen-bond acceptors (Lipinski definition) is 2. The summed E-state index contributed by atoms with van der Waals surface area (Å²) in [7, 11) is 0. The third-order valence-corrected chi connectivity index (χ3v) is 4.26. The van der Waals surface area contributed by atoms with Gasteiger partial charge in [0, 0.05) is 23.9 Å². The molecule has 1 heterocycles. The summed E-state index contributed by atoms with van der Waals surface area (Å²) in [4.78, 5) is 5.89. The second-order valence-electron chi connectivity index (χ2n) is 5.91. The lowest BCUT2D eigenvalue weighted by molar-refractivity contribution is 0.628. The fourth-order valence-corrected chi connectivity index (χ4v) is 3.39. The number of unbranched alkanes of at least 4 members (excludes halogenated alkanes) is 4. The van der Waals surface area contributed by atoms with Crippen molar-refractivity contribution in [3.63, 3.8) is 0 Å². The molecule has 1 aromatic heterocycles. The Bertz CT molecular complexity index is 365. The van der Waals surface area contributed by atoms with Crippen molar-refractivity contribution in [2.75, 3.05) is 0 Å². The molecule has 1 nitrogen and oxygen atoms in total. The van der Waals surface area contributed by atoms with Gasteiger partial charge in [-0.05, 0) is 18.8 Å². The maximum atomic E-state index is 4.51. The highest BCUT2D eigenvalue weighted by Crippen LogP contribution is 2.21. The highest BCUT2D eigenvalue weighted by Gasteiger charge is 2.05. The van der Waals surface area contributed by atoms with Crippen LogP contribution in [0.25, 0.3) is 0 Å². The molecule has 0 aliphatic rings. The van der Waals surface area contributed by atoms with Crippen LogP contribution < -0.4 is 0 Å². The standard InChI is InChI=1S/C17H29NS/c1-5-6-7-8-9-10-15(4)12-16-13-18-17(19-16)11-14(2)3/h13-14H,4-12H2,1-3H3. The van der Waals surface area contributed by atoms with Crippen LogP contribution in [0.5, 0.6) is 0 Å². The van der Waals surface area contributed by atoms with Gasteiger partial charge in [-0.3, -0.25) is 0 Å². The summed E-state index contributed by atoms with van der Waals surface area (Å²) >= 11 is 1.86. The van der Waals surface area contributed by atoms with E-state index in [1.165, 1.54) is 54.0 Å². The van der Waals surface area contributed by atoms with Gasteiger partial charge < -0.3 is 0 Å². The summed E-state index contributed by atoms with van der Waals surface area (Å²) in [5, 5.41) is 1.28. The van der Waals surface area contributed by atoms with Gasteiger partial charge in [0.2, 0.25) is 0 Å². The normalized spacial score (nSPS) is 11.2. The molecular formula is C17H29NS. The number of hydrogen-bond donors (Lipinski definition) is 0. The summed E-state index contributed by atoms with van der Waals surface area (Å²) in [6.45, 7) is 11.0. The second kappa shape index (κ2) is 9.30. The first-order chi connectivity index (χ1) is 9.11. The van der Waals surface area contributed by atoms with Crippen LogP contribution >= 0.6 is 11.3 Å². The predicted octanol–water partition coefficient (Wildman–Crippen LogP) is 5.80. The number of allylic oxidation sites excluding steroid dienone is 1. The van der Waals surface area contributed by atoms with Crippen LogP contribution in [0, 0.1) is 5.92 Å². The summed E-state index contributed by atoms with van der Waals surface area (Å²) in [5.74, 6) is 0.695. The molecule has 0 N–H and O–H groups in total. The van der Waals surface area contributed by atoms with Crippen LogP contribution in [0.2, 0.25) is 0 Å². The van der Waals surface area contributed by atoms with E-state index in [0.717, 1.165) is 12.8 Å². The molecule has 0 bridgehead atoms. The van der Waals surface area contributed by atoms with Gasteiger partial charge in [-0.2, -0.15) is 0 Å². The zero-order valence-electron chi connectivity index (χ0n) is 12.9. The second-order valence-corrected chi connectivity index (χ2v) is 7.11. The van der Waals surface area contributed by atoms with Crippen LogP contribution in [0.1, 0.15) is 69.2 Å². The molecule has 0 radical (unpaired) electrons. The number of nitrogens with zero attached hydrogens (tertiary/aromatic N) is 1. The van der Waals surface area contributed by atoms with Gasteiger partial charge in [-0.1, -0.05) is 58.6 Å². The first-order valence-corrected chi connectivity index (χ1v) is 8.53. The zero-order chi connectivity index (χ0) is 14.1. The molecule has 0 aliphatic carbocycles. The highest BCUT2D eigenvalue weighted by atomic mass is 32.1. The van der Waals surface area contributed by atoms with E-state index in [-0.39, 0.29) is 0 Å². The lowest BCUT2D eigenvalue weighted by atomic mass is 10.0. The Morgan fingerprint density at radius 2 is 2.00 bits per heavy atom. The van der Waals surface area contributed by atoms with Crippen LogP contribution in [-0.2, 0) is 12.8 Å². The molecule has 0 atom stereocenters. The predicted molar refractivity (Wildman–Crippen MR) is 86.9 cm³/mol. The molecule has 0 fully saturated rings. The van der Waals surface area contributed by atoms with Gasteiger partial charge in [0.05, 0.1) is 5.01 Å². The Labute approximate surface area is 123 Å². The minimum Gasteiger partial charge on any atom is -0.249 e. The summed E-state index contributed by atoms with van der Waals surface area (Å²) < 4.78 is 0. The molecule has 0 aliphatic heterocycles. The molecule has 0 aromatic carbocycles. The van der Waals surface area contributed by atoms with Crippen LogP contribution in [0.3, 0.4) is 0 Å². The van der Waals surface area contributed by atoms with Crippen LogP contribution in [0.15, 0.2) is 18.3 Å². The quantitative estimate of drug-likeness (QED) is 0.389. The SMILES string of the molecule is C=C(CCCCCCC)Cc1cnc(CC(C)C)s1. The molecule has 19 heavy (non-hydrogen) atoms. The van der Waals surface area contributed by atoms with Crippen LogP contribution in [0.4, 0.5) is 0 Å². The average Bonchev–Trinajstić information content (AvgIpc) is 2.75. The number of aromatic nitrogens is 1. The lowest BCUT2D eigenvalue weighted by Gasteiger charge is -2.04. The minimum absolute atomic E-state index is 0.695. The van der Waals surface area contributed by atoms with Gasteiger partial charge in [0.1, 0.15) is 0 Å². The average molecular weight is 279 g/mol. The van der Waals surface area contributed by atoms with Crippen molar-refractivity contribution >= 4 is 11.3 Å². The maximum Gasteiger partial charge on any atom is 0.0930 e. The third-order valence-electron chi connectivity index (χ3n) is 3.24. The van der Waals surface area contributed by atoms with Gasteiger partial charge in [-0.25, -0.2) is 4.98 Å². The largest absolute Gasteiger partial charge is 0.249 e. The molecule has 0 saturated carbocycles. The Hall–Kier alpha value is -0.630. The van der Waals surface area contributed by atoms with Gasteiger partial charge >= 0.3 is 0 Å². The van der Waals surface area contributed by atoms with E-state index in [9.17, 15) is 0 Å². The van der Waals surface area contributed by atoms with E-state index in [1.54, 1.807) is 0 Å². The monoisotopic (exact) mass is 279 g/mol. The first-order valence-electron chi connectivity index (χ1n) is 7.72. The van der Waals surface area contributed by atoms with Crippen molar-refractivity contribution < 1.29 is 0 Å². The van der Waals surface area contributed by atoms with E-state index in [2.05, 4.69) is 32.3 Å². The number of thiazole rings is 1. The summed E-state index contributed by atoms with van der Waals surface area (Å²) in [5.41, 5.74) is 1.37. The van der Waals surface area contributed by atoms with Crippen molar-refractivity contribution in [1.82, 2.24) is 4.98 Å². The van der Waals surface area contributed by atoms with E-state index in [0.29, 0.717) is 5.92 Å². The molecule has 1 rings (SSSR count). The van der Waals surface area contributed by atoms with Gasteiger partial charge in [0.15, 0.2) is 0 Å². The van der Waals surface area contributed by atoms with Crippen molar-refractivity contribution in [2.24, 2.45) is 5.92 Å². The van der Waals surface area contributed by atoms with Crippen molar-refractivity contribution in [2.45, 2.75) is 72.1 Å². The van der Waals surface area contributed by atoms with Crippen LogP contribution in [-0.4, -0.2) is 4.98 Å². The molecule has 108 valence electrons. The molecule has 2 heteroatoms. The topological polar surface area (TPSA) is 12.9 Å². The molecular weight excluding hydrogens is 250 g/mol.